The number of primary amides is 1. The molecule has 0 radical (unpaired) electrons. The van der Waals surface area contributed by atoms with Crippen LogP contribution in [0.5, 0.6) is 0 Å². The van der Waals surface area contributed by atoms with Crippen LogP contribution in [-0.2, 0) is 4.79 Å². The third kappa shape index (κ3) is 3.41. The van der Waals surface area contributed by atoms with E-state index < -0.39 is 0 Å². The molecule has 0 unspecified atom stereocenters. The van der Waals surface area contributed by atoms with Crippen LogP contribution in [0.2, 0.25) is 0 Å². The number of nitrogens with two attached hydrogens (primary N) is 1. The Hall–Kier alpha value is -2.41. The molecule has 1 saturated heterocycles. The molecule has 1 aliphatic rings. The molecule has 0 spiro atoms. The van der Waals surface area contributed by atoms with Gasteiger partial charge in [0, 0.05) is 42.6 Å². The van der Waals surface area contributed by atoms with Crippen LogP contribution in [0.25, 0.3) is 11.3 Å². The summed E-state index contributed by atoms with van der Waals surface area (Å²) in [4.78, 5) is 29.9. The summed E-state index contributed by atoms with van der Waals surface area (Å²) in [5.41, 5.74) is 7.78. The fraction of sp³-hybridized carbons (Fsp3) is 0.353. The second-order valence-corrected chi connectivity index (χ2v) is 6.68. The molecule has 1 aromatic carbocycles. The Morgan fingerprint density at radius 2 is 2.08 bits per heavy atom. The number of amides is 2. The van der Waals surface area contributed by atoms with Crippen LogP contribution in [0, 0.1) is 5.92 Å². The highest BCUT2D eigenvalue weighted by Crippen LogP contribution is 2.30. The minimum atomic E-state index is -0.208. The highest BCUT2D eigenvalue weighted by atomic mass is 32.1. The molecule has 1 aromatic heterocycles. The van der Waals surface area contributed by atoms with Gasteiger partial charge < -0.3 is 16.0 Å². The largest absolute Gasteiger partial charge is 0.369 e. The van der Waals surface area contributed by atoms with E-state index in [0.29, 0.717) is 5.56 Å². The first-order valence-corrected chi connectivity index (χ1v) is 8.78. The van der Waals surface area contributed by atoms with Crippen LogP contribution in [0.3, 0.4) is 0 Å². The second kappa shape index (κ2) is 7.00. The molecular formula is C17H20N4O2S. The molecule has 2 aromatic rings. The predicted molar refractivity (Wildman–Crippen MR) is 95.1 cm³/mol. The smallest absolute Gasteiger partial charge is 0.251 e. The summed E-state index contributed by atoms with van der Waals surface area (Å²) >= 11 is 1.58. The lowest BCUT2D eigenvalue weighted by Crippen LogP contribution is -2.38. The molecule has 0 aliphatic carbocycles. The van der Waals surface area contributed by atoms with E-state index in [1.54, 1.807) is 24.5 Å². The molecule has 3 N–H and O–H groups in total. The lowest BCUT2D eigenvalue weighted by atomic mass is 9.97. The van der Waals surface area contributed by atoms with Crippen molar-refractivity contribution >= 4 is 28.3 Å². The monoisotopic (exact) mass is 344 g/mol. The summed E-state index contributed by atoms with van der Waals surface area (Å²) in [5, 5.41) is 5.57. The third-order valence-corrected chi connectivity index (χ3v) is 5.21. The molecule has 1 fully saturated rings. The van der Waals surface area contributed by atoms with Gasteiger partial charge >= 0.3 is 0 Å². The van der Waals surface area contributed by atoms with Crippen LogP contribution < -0.4 is 16.0 Å². The summed E-state index contributed by atoms with van der Waals surface area (Å²) in [6.45, 7) is 1.58. The molecule has 7 heteroatoms. The summed E-state index contributed by atoms with van der Waals surface area (Å²) < 4.78 is 0. The van der Waals surface area contributed by atoms with Gasteiger partial charge in [-0.15, -0.1) is 11.3 Å². The van der Waals surface area contributed by atoms with Crippen LogP contribution in [0.1, 0.15) is 23.2 Å². The van der Waals surface area contributed by atoms with Gasteiger partial charge in [-0.2, -0.15) is 0 Å². The average Bonchev–Trinajstić information content (AvgIpc) is 3.11. The first-order chi connectivity index (χ1) is 11.6. The molecule has 2 amide bonds. The topological polar surface area (TPSA) is 88.3 Å². The lowest BCUT2D eigenvalue weighted by Gasteiger charge is -2.30. The van der Waals surface area contributed by atoms with Crippen molar-refractivity contribution in [3.05, 3.63) is 35.2 Å². The Bertz CT molecular complexity index is 751. The SMILES string of the molecule is CNC(=O)c1cccc(-c2csc(N3CCC(C(N)=O)CC3)n2)c1. The zero-order valence-corrected chi connectivity index (χ0v) is 14.3. The summed E-state index contributed by atoms with van der Waals surface area (Å²) in [5.74, 6) is -0.341. The number of benzene rings is 1. The number of nitrogens with one attached hydrogen (secondary N) is 1. The van der Waals surface area contributed by atoms with Gasteiger partial charge in [0.15, 0.2) is 5.13 Å². The minimum absolute atomic E-state index is 0.0232. The molecule has 0 bridgehead atoms. The number of carbonyl (C=O) groups is 2. The van der Waals surface area contributed by atoms with E-state index in [1.165, 1.54) is 0 Å². The number of hydrogen-bond donors (Lipinski definition) is 2. The van der Waals surface area contributed by atoms with Crippen molar-refractivity contribution in [3.8, 4) is 11.3 Å². The van der Waals surface area contributed by atoms with Gasteiger partial charge in [-0.3, -0.25) is 9.59 Å². The Morgan fingerprint density at radius 3 is 2.75 bits per heavy atom. The van der Waals surface area contributed by atoms with Crippen LogP contribution >= 0.6 is 11.3 Å². The normalized spacial score (nSPS) is 15.3. The molecule has 0 saturated carbocycles. The van der Waals surface area contributed by atoms with E-state index in [4.69, 9.17) is 10.7 Å². The number of carbonyl (C=O) groups excluding carboxylic acids is 2. The van der Waals surface area contributed by atoms with Gasteiger partial charge in [0.05, 0.1) is 5.69 Å². The molecule has 0 atom stereocenters. The first-order valence-electron chi connectivity index (χ1n) is 7.91. The van der Waals surface area contributed by atoms with Crippen molar-refractivity contribution in [3.63, 3.8) is 0 Å². The van der Waals surface area contributed by atoms with Gasteiger partial charge in [-0.25, -0.2) is 4.98 Å². The summed E-state index contributed by atoms with van der Waals surface area (Å²) in [7, 11) is 1.62. The van der Waals surface area contributed by atoms with E-state index in [1.807, 2.05) is 23.6 Å². The van der Waals surface area contributed by atoms with Crippen molar-refractivity contribution in [1.29, 1.82) is 0 Å². The molecular weight excluding hydrogens is 324 g/mol. The summed E-state index contributed by atoms with van der Waals surface area (Å²) in [6, 6.07) is 7.43. The number of piperidine rings is 1. The van der Waals surface area contributed by atoms with Crippen molar-refractivity contribution in [1.82, 2.24) is 10.3 Å². The quantitative estimate of drug-likeness (QED) is 0.886. The number of thiazole rings is 1. The van der Waals surface area contributed by atoms with E-state index in [-0.39, 0.29) is 17.7 Å². The van der Waals surface area contributed by atoms with Crippen LogP contribution in [0.4, 0.5) is 5.13 Å². The van der Waals surface area contributed by atoms with E-state index >= 15 is 0 Å². The number of hydrogen-bond acceptors (Lipinski definition) is 5. The zero-order valence-electron chi connectivity index (χ0n) is 13.5. The summed E-state index contributed by atoms with van der Waals surface area (Å²) in [6.07, 6.45) is 1.55. The van der Waals surface area contributed by atoms with Gasteiger partial charge in [-0.05, 0) is 25.0 Å². The molecule has 1 aliphatic heterocycles. The number of anilines is 1. The number of rotatable bonds is 4. The van der Waals surface area contributed by atoms with Crippen LogP contribution in [-0.4, -0.2) is 36.9 Å². The highest BCUT2D eigenvalue weighted by Gasteiger charge is 2.24. The Kier molecular flexibility index (Phi) is 4.80. The van der Waals surface area contributed by atoms with Gasteiger partial charge in [0.2, 0.25) is 5.91 Å². The number of nitrogens with zero attached hydrogens (tertiary/aromatic N) is 2. The maximum absolute atomic E-state index is 11.8. The van der Waals surface area contributed by atoms with Gasteiger partial charge in [0.1, 0.15) is 0 Å². The minimum Gasteiger partial charge on any atom is -0.369 e. The van der Waals surface area contributed by atoms with Crippen LogP contribution in [0.15, 0.2) is 29.6 Å². The average molecular weight is 344 g/mol. The van der Waals surface area contributed by atoms with E-state index in [0.717, 1.165) is 42.3 Å². The number of aromatic nitrogens is 1. The molecule has 24 heavy (non-hydrogen) atoms. The fourth-order valence-electron chi connectivity index (χ4n) is 2.86. The van der Waals surface area contributed by atoms with E-state index in [2.05, 4.69) is 10.2 Å². The predicted octanol–water partition coefficient (Wildman–Crippen LogP) is 1.87. The zero-order chi connectivity index (χ0) is 17.1. The Labute approximate surface area is 144 Å². The van der Waals surface area contributed by atoms with Crippen molar-refractivity contribution < 1.29 is 9.59 Å². The maximum Gasteiger partial charge on any atom is 0.251 e. The fourth-order valence-corrected chi connectivity index (χ4v) is 3.75. The van der Waals surface area contributed by atoms with Crippen molar-refractivity contribution in [2.75, 3.05) is 25.0 Å². The van der Waals surface area contributed by atoms with E-state index in [9.17, 15) is 9.59 Å². The molecule has 3 rings (SSSR count). The van der Waals surface area contributed by atoms with Gasteiger partial charge in [0.25, 0.3) is 5.91 Å². The lowest BCUT2D eigenvalue weighted by molar-refractivity contribution is -0.122. The second-order valence-electron chi connectivity index (χ2n) is 5.84. The Morgan fingerprint density at radius 1 is 1.33 bits per heavy atom. The standard InChI is InChI=1S/C17H20N4O2S/c1-19-16(23)13-4-2-3-12(9-13)14-10-24-17(20-14)21-7-5-11(6-8-21)15(18)22/h2-4,9-11H,5-8H2,1H3,(H2,18,22)(H,19,23). The van der Waals surface area contributed by atoms with Crippen molar-refractivity contribution in [2.24, 2.45) is 11.7 Å². The van der Waals surface area contributed by atoms with Crippen molar-refractivity contribution in [2.45, 2.75) is 12.8 Å². The molecule has 6 nitrogen and oxygen atoms in total. The first kappa shape index (κ1) is 16.4. The van der Waals surface area contributed by atoms with Gasteiger partial charge in [-0.1, -0.05) is 12.1 Å². The Balaban J connectivity index is 1.74. The highest BCUT2D eigenvalue weighted by molar-refractivity contribution is 7.14. The third-order valence-electron chi connectivity index (χ3n) is 4.31. The molecule has 126 valence electrons. The maximum atomic E-state index is 11.8. The molecule has 2 heterocycles.